The topological polar surface area (TPSA) is 42.9 Å². The molecule has 0 saturated carbocycles. The summed E-state index contributed by atoms with van der Waals surface area (Å²) in [7, 11) is 0. The predicted molar refractivity (Wildman–Crippen MR) is 108 cm³/mol. The third-order valence-corrected chi connectivity index (χ3v) is 4.28. The predicted octanol–water partition coefficient (Wildman–Crippen LogP) is 4.69. The van der Waals surface area contributed by atoms with Crippen LogP contribution in [-0.4, -0.2) is 15.7 Å². The van der Waals surface area contributed by atoms with Crippen LogP contribution in [0.15, 0.2) is 48.5 Å². The van der Waals surface area contributed by atoms with Crippen molar-refractivity contribution in [2.24, 2.45) is 0 Å². The first-order valence-electron chi connectivity index (χ1n) is 8.63. The van der Waals surface area contributed by atoms with Crippen molar-refractivity contribution >= 4 is 28.0 Å². The molecule has 2 aromatic carbocycles. The number of para-hydroxylation sites is 2. The first kappa shape index (κ1) is 19.3. The van der Waals surface area contributed by atoms with Crippen molar-refractivity contribution in [1.29, 1.82) is 5.41 Å². The Kier molecular flexibility index (Phi) is 6.88. The van der Waals surface area contributed by atoms with Gasteiger partial charge < -0.3 is 13.9 Å². The summed E-state index contributed by atoms with van der Waals surface area (Å²) in [5.74, 6) is 0.886. The average molecular weight is 404 g/mol. The Hall–Kier alpha value is -2.01. The highest BCUT2D eigenvalue weighted by Crippen LogP contribution is 2.15. The zero-order valence-corrected chi connectivity index (χ0v) is 16.6. The standard InChI is InChI=1S/C20H25N3O.BrH/c1-3-4-12-22-18-10-5-6-11-19(18)23(20(22)21)13-14-24-17-9-7-8-16(2)15-17;/h5-11,15,21H,3-4,12-14H2,1-2H3;1H. The minimum atomic E-state index is 0. The summed E-state index contributed by atoms with van der Waals surface area (Å²) in [5, 5.41) is 8.54. The van der Waals surface area contributed by atoms with Crippen LogP contribution in [0.1, 0.15) is 25.3 Å². The van der Waals surface area contributed by atoms with E-state index in [0.29, 0.717) is 18.8 Å². The fraction of sp³-hybridized carbons (Fsp3) is 0.350. The van der Waals surface area contributed by atoms with Crippen molar-refractivity contribution in [2.75, 3.05) is 6.61 Å². The number of halogens is 1. The highest BCUT2D eigenvalue weighted by Gasteiger charge is 2.10. The minimum absolute atomic E-state index is 0. The van der Waals surface area contributed by atoms with E-state index >= 15 is 0 Å². The summed E-state index contributed by atoms with van der Waals surface area (Å²) in [6, 6.07) is 16.3. The molecule has 1 heterocycles. The molecule has 1 aromatic heterocycles. The van der Waals surface area contributed by atoms with Crippen LogP contribution >= 0.6 is 17.0 Å². The number of imidazole rings is 1. The Labute approximate surface area is 159 Å². The first-order valence-corrected chi connectivity index (χ1v) is 8.63. The van der Waals surface area contributed by atoms with Crippen molar-refractivity contribution in [3.05, 3.63) is 59.7 Å². The van der Waals surface area contributed by atoms with Crippen LogP contribution < -0.4 is 10.4 Å². The Balaban J connectivity index is 0.00000225. The molecule has 0 bridgehead atoms. The number of nitrogens with one attached hydrogen (secondary N) is 1. The number of hydrogen-bond acceptors (Lipinski definition) is 2. The number of ether oxygens (including phenoxy) is 1. The van der Waals surface area contributed by atoms with Crippen LogP contribution in [0.2, 0.25) is 0 Å². The first-order chi connectivity index (χ1) is 11.7. The Morgan fingerprint density at radius 2 is 1.64 bits per heavy atom. The second kappa shape index (κ2) is 8.90. The molecule has 3 rings (SSSR count). The number of aryl methyl sites for hydroxylation is 2. The lowest BCUT2D eigenvalue weighted by Gasteiger charge is -2.08. The second-order valence-electron chi connectivity index (χ2n) is 6.13. The van der Waals surface area contributed by atoms with Crippen molar-refractivity contribution in [3.63, 3.8) is 0 Å². The van der Waals surface area contributed by atoms with Gasteiger partial charge in [0.2, 0.25) is 5.62 Å². The highest BCUT2D eigenvalue weighted by atomic mass is 79.9. The van der Waals surface area contributed by atoms with Gasteiger partial charge in [0.15, 0.2) is 0 Å². The van der Waals surface area contributed by atoms with Crippen LogP contribution in [0, 0.1) is 12.3 Å². The van der Waals surface area contributed by atoms with E-state index in [2.05, 4.69) is 36.6 Å². The van der Waals surface area contributed by atoms with Crippen molar-refractivity contribution < 1.29 is 4.74 Å². The third-order valence-electron chi connectivity index (χ3n) is 4.28. The summed E-state index contributed by atoms with van der Waals surface area (Å²) in [6.45, 7) is 6.36. The quantitative estimate of drug-likeness (QED) is 0.610. The maximum absolute atomic E-state index is 8.54. The van der Waals surface area contributed by atoms with E-state index < -0.39 is 0 Å². The number of fused-ring (bicyclic) bond motifs is 1. The molecular weight excluding hydrogens is 378 g/mol. The van der Waals surface area contributed by atoms with Gasteiger partial charge in [-0.2, -0.15) is 0 Å². The van der Waals surface area contributed by atoms with Crippen molar-refractivity contribution in [2.45, 2.75) is 39.8 Å². The highest BCUT2D eigenvalue weighted by molar-refractivity contribution is 8.93. The van der Waals surface area contributed by atoms with Crippen molar-refractivity contribution in [1.82, 2.24) is 9.13 Å². The van der Waals surface area contributed by atoms with Gasteiger partial charge in [-0.3, -0.25) is 5.41 Å². The smallest absolute Gasteiger partial charge is 0.203 e. The van der Waals surface area contributed by atoms with Crippen LogP contribution in [0.25, 0.3) is 11.0 Å². The monoisotopic (exact) mass is 403 g/mol. The largest absolute Gasteiger partial charge is 0.492 e. The Bertz CT molecular complexity index is 882. The molecule has 1 N–H and O–H groups in total. The number of hydrogen-bond donors (Lipinski definition) is 1. The fourth-order valence-electron chi connectivity index (χ4n) is 3.02. The molecular formula is C20H26BrN3O. The molecule has 25 heavy (non-hydrogen) atoms. The van der Waals surface area contributed by atoms with Gasteiger partial charge in [0.25, 0.3) is 0 Å². The zero-order valence-electron chi connectivity index (χ0n) is 14.9. The van der Waals surface area contributed by atoms with Gasteiger partial charge in [-0.15, -0.1) is 17.0 Å². The molecule has 0 atom stereocenters. The summed E-state index contributed by atoms with van der Waals surface area (Å²) in [4.78, 5) is 0. The number of aromatic nitrogens is 2. The third kappa shape index (κ3) is 4.34. The molecule has 0 unspecified atom stereocenters. The van der Waals surface area contributed by atoms with Crippen LogP contribution in [-0.2, 0) is 13.1 Å². The van der Waals surface area contributed by atoms with Gasteiger partial charge in [0, 0.05) is 6.54 Å². The lowest BCUT2D eigenvalue weighted by atomic mass is 10.2. The number of unbranched alkanes of at least 4 members (excludes halogenated alkanes) is 1. The van der Waals surface area contributed by atoms with E-state index in [0.717, 1.165) is 36.2 Å². The van der Waals surface area contributed by atoms with Gasteiger partial charge in [0.05, 0.1) is 17.6 Å². The number of benzene rings is 2. The normalized spacial score (nSPS) is 10.6. The summed E-state index contributed by atoms with van der Waals surface area (Å²) in [6.07, 6.45) is 2.22. The Morgan fingerprint density at radius 3 is 2.28 bits per heavy atom. The maximum atomic E-state index is 8.54. The SMILES string of the molecule is Br.CCCCn1c(=N)n(CCOc2cccc(C)c2)c2ccccc21. The fourth-order valence-corrected chi connectivity index (χ4v) is 3.02. The Morgan fingerprint density at radius 1 is 0.960 bits per heavy atom. The minimum Gasteiger partial charge on any atom is -0.492 e. The second-order valence-corrected chi connectivity index (χ2v) is 6.13. The van der Waals surface area contributed by atoms with Crippen molar-refractivity contribution in [3.8, 4) is 5.75 Å². The molecule has 4 nitrogen and oxygen atoms in total. The van der Waals surface area contributed by atoms with Gasteiger partial charge in [0.1, 0.15) is 12.4 Å². The van der Waals surface area contributed by atoms with Crippen LogP contribution in [0.5, 0.6) is 5.75 Å². The van der Waals surface area contributed by atoms with Gasteiger partial charge in [-0.1, -0.05) is 37.6 Å². The van der Waals surface area contributed by atoms with Gasteiger partial charge in [-0.05, 0) is 43.2 Å². The number of rotatable bonds is 7. The van der Waals surface area contributed by atoms with E-state index in [1.54, 1.807) is 0 Å². The molecule has 5 heteroatoms. The molecule has 0 aliphatic heterocycles. The number of nitrogens with zero attached hydrogens (tertiary/aromatic N) is 2. The molecule has 0 spiro atoms. The maximum Gasteiger partial charge on any atom is 0.203 e. The van der Waals surface area contributed by atoms with E-state index in [-0.39, 0.29) is 17.0 Å². The van der Waals surface area contributed by atoms with E-state index in [1.165, 1.54) is 5.56 Å². The van der Waals surface area contributed by atoms with E-state index in [4.69, 9.17) is 10.1 Å². The molecule has 0 saturated heterocycles. The molecule has 0 radical (unpaired) electrons. The van der Waals surface area contributed by atoms with Crippen LogP contribution in [0.4, 0.5) is 0 Å². The zero-order chi connectivity index (χ0) is 16.9. The molecule has 0 aliphatic rings. The molecule has 134 valence electrons. The van der Waals surface area contributed by atoms with Gasteiger partial charge in [-0.25, -0.2) is 0 Å². The van der Waals surface area contributed by atoms with E-state index in [1.807, 2.05) is 34.9 Å². The molecule has 0 aliphatic carbocycles. The average Bonchev–Trinajstić information content (AvgIpc) is 2.85. The molecule has 3 aromatic rings. The summed E-state index contributed by atoms with van der Waals surface area (Å²) < 4.78 is 10.0. The molecule has 0 fully saturated rings. The lowest BCUT2D eigenvalue weighted by molar-refractivity contribution is 0.296. The molecule has 0 amide bonds. The lowest BCUT2D eigenvalue weighted by Crippen LogP contribution is -2.26. The van der Waals surface area contributed by atoms with Gasteiger partial charge >= 0.3 is 0 Å². The summed E-state index contributed by atoms with van der Waals surface area (Å²) in [5.41, 5.74) is 3.98. The summed E-state index contributed by atoms with van der Waals surface area (Å²) >= 11 is 0. The van der Waals surface area contributed by atoms with E-state index in [9.17, 15) is 0 Å². The van der Waals surface area contributed by atoms with Crippen LogP contribution in [0.3, 0.4) is 0 Å².